The van der Waals surface area contributed by atoms with Gasteiger partial charge in [0.25, 0.3) is 0 Å². The third-order valence-corrected chi connectivity index (χ3v) is 5.47. The van der Waals surface area contributed by atoms with Crippen molar-refractivity contribution < 1.29 is 13.6 Å². The molecule has 0 saturated carbocycles. The predicted molar refractivity (Wildman–Crippen MR) is 112 cm³/mol. The van der Waals surface area contributed by atoms with Gasteiger partial charge in [-0.1, -0.05) is 35.9 Å². The van der Waals surface area contributed by atoms with Crippen molar-refractivity contribution in [3.8, 4) is 11.5 Å². The molecule has 1 amide bonds. The summed E-state index contributed by atoms with van der Waals surface area (Å²) in [6.45, 7) is 1.70. The monoisotopic (exact) mass is 423 g/mol. The van der Waals surface area contributed by atoms with Crippen LogP contribution in [-0.4, -0.2) is 15.7 Å². The quantitative estimate of drug-likeness (QED) is 0.510. The van der Waals surface area contributed by atoms with E-state index in [0.717, 1.165) is 20.7 Å². The lowest BCUT2D eigenvalue weighted by atomic mass is 10.0. The molecular weight excluding hydrogens is 405 g/mol. The number of nitrogens with zero attached hydrogens (tertiary/aromatic N) is 2. The molecule has 30 heavy (non-hydrogen) atoms. The van der Waals surface area contributed by atoms with Gasteiger partial charge in [-0.2, -0.15) is 4.68 Å². The van der Waals surface area contributed by atoms with E-state index in [1.165, 1.54) is 35.6 Å². The van der Waals surface area contributed by atoms with Crippen molar-refractivity contribution in [1.82, 2.24) is 15.1 Å². The van der Waals surface area contributed by atoms with E-state index in [0.29, 0.717) is 5.56 Å². The number of halogens is 1. The molecule has 152 valence electrons. The molecule has 0 radical (unpaired) electrons. The zero-order valence-corrected chi connectivity index (χ0v) is 16.9. The molecular formula is C22H18FN3O3S. The summed E-state index contributed by atoms with van der Waals surface area (Å²) in [4.78, 5) is 25.8. The lowest BCUT2D eigenvalue weighted by molar-refractivity contribution is -0.122. The van der Waals surface area contributed by atoms with Crippen molar-refractivity contribution in [3.63, 3.8) is 0 Å². The third kappa shape index (κ3) is 4.38. The second-order valence-electron chi connectivity index (χ2n) is 6.76. The van der Waals surface area contributed by atoms with Gasteiger partial charge in [-0.05, 0) is 48.2 Å². The normalized spacial score (nSPS) is 11.9. The Morgan fingerprint density at radius 3 is 2.57 bits per heavy atom. The molecule has 4 aromatic rings. The Hall–Kier alpha value is -3.52. The van der Waals surface area contributed by atoms with Crippen LogP contribution in [0.15, 0.2) is 75.3 Å². The fraction of sp³-hybridized carbons (Fsp3) is 0.136. The number of benzene rings is 2. The van der Waals surface area contributed by atoms with Gasteiger partial charge in [-0.25, -0.2) is 9.18 Å². The number of rotatable bonds is 6. The smallest absolute Gasteiger partial charge is 0.388 e. The topological polar surface area (TPSA) is 77.1 Å². The van der Waals surface area contributed by atoms with Crippen molar-refractivity contribution >= 4 is 17.2 Å². The molecule has 0 bridgehead atoms. The van der Waals surface area contributed by atoms with Crippen molar-refractivity contribution in [2.24, 2.45) is 0 Å². The average Bonchev–Trinajstić information content (AvgIpc) is 3.38. The van der Waals surface area contributed by atoms with E-state index in [4.69, 9.17) is 4.42 Å². The summed E-state index contributed by atoms with van der Waals surface area (Å²) in [5, 5.41) is 8.97. The third-order valence-electron chi connectivity index (χ3n) is 4.53. The van der Waals surface area contributed by atoms with Gasteiger partial charge in [-0.15, -0.1) is 16.4 Å². The summed E-state index contributed by atoms with van der Waals surface area (Å²) in [5.74, 6) is -1.51. The minimum atomic E-state index is -0.757. The molecule has 6 nitrogen and oxygen atoms in total. The molecule has 8 heteroatoms. The average molecular weight is 423 g/mol. The second-order valence-corrected chi connectivity index (χ2v) is 7.74. The van der Waals surface area contributed by atoms with Crippen LogP contribution in [0.25, 0.3) is 11.5 Å². The number of aromatic nitrogens is 2. The van der Waals surface area contributed by atoms with E-state index in [9.17, 15) is 14.0 Å². The first-order valence-corrected chi connectivity index (χ1v) is 10.1. The summed E-state index contributed by atoms with van der Waals surface area (Å²) in [5.41, 5.74) is 2.51. The fourth-order valence-corrected chi connectivity index (χ4v) is 3.79. The first-order valence-electron chi connectivity index (χ1n) is 9.23. The Bertz CT molecular complexity index is 1200. The van der Waals surface area contributed by atoms with Crippen LogP contribution in [0.5, 0.6) is 0 Å². The molecule has 1 N–H and O–H groups in total. The van der Waals surface area contributed by atoms with Crippen LogP contribution >= 0.6 is 11.3 Å². The molecule has 2 heterocycles. The number of carbonyl (C=O) groups excluding carboxylic acids is 1. The zero-order valence-electron chi connectivity index (χ0n) is 16.0. The van der Waals surface area contributed by atoms with Gasteiger partial charge in [0.15, 0.2) is 0 Å². The number of nitrogens with one attached hydrogen (secondary N) is 1. The molecule has 0 fully saturated rings. The fourth-order valence-electron chi connectivity index (χ4n) is 2.99. The number of hydrogen-bond acceptors (Lipinski definition) is 5. The Labute approximate surface area is 175 Å². The summed E-state index contributed by atoms with van der Waals surface area (Å²) in [6.07, 6.45) is 0. The van der Waals surface area contributed by atoms with Gasteiger partial charge in [0.2, 0.25) is 11.8 Å². The van der Waals surface area contributed by atoms with Gasteiger partial charge in [-0.3, -0.25) is 4.79 Å². The molecule has 1 atom stereocenters. The van der Waals surface area contributed by atoms with Crippen molar-refractivity contribution in [2.75, 3.05) is 0 Å². The Morgan fingerprint density at radius 1 is 1.17 bits per heavy atom. The number of aryl methyl sites for hydroxylation is 1. The first-order chi connectivity index (χ1) is 14.5. The largest absolute Gasteiger partial charge is 0.437 e. The van der Waals surface area contributed by atoms with E-state index < -0.39 is 11.6 Å². The lowest BCUT2D eigenvalue weighted by Crippen LogP contribution is -2.34. The van der Waals surface area contributed by atoms with Crippen LogP contribution in [0.4, 0.5) is 4.39 Å². The predicted octanol–water partition coefficient (Wildman–Crippen LogP) is 3.92. The summed E-state index contributed by atoms with van der Waals surface area (Å²) in [6, 6.07) is 16.8. The number of thiophene rings is 1. The SMILES string of the molecule is Cc1ccc([C@@H](NC(=O)Cn2nc(-c3ccc(F)cc3)oc2=O)c2cccs2)cc1. The summed E-state index contributed by atoms with van der Waals surface area (Å²) < 4.78 is 19.2. The van der Waals surface area contributed by atoms with Crippen molar-refractivity contribution in [3.05, 3.63) is 98.4 Å². The summed E-state index contributed by atoms with van der Waals surface area (Å²) in [7, 11) is 0. The standard InChI is InChI=1S/C22H18FN3O3S/c1-14-4-6-15(7-5-14)20(18-3-2-12-30-18)24-19(27)13-26-22(28)29-21(25-26)16-8-10-17(23)11-9-16/h2-12,20H,13H2,1H3,(H,24,27)/t20-/m1/s1. The Kier molecular flexibility index (Phi) is 5.58. The van der Waals surface area contributed by atoms with Crippen LogP contribution in [0.3, 0.4) is 0 Å². The van der Waals surface area contributed by atoms with Crippen LogP contribution < -0.4 is 11.1 Å². The maximum Gasteiger partial charge on any atom is 0.437 e. The molecule has 0 aliphatic heterocycles. The molecule has 0 aliphatic carbocycles. The van der Waals surface area contributed by atoms with Crippen molar-refractivity contribution in [2.45, 2.75) is 19.5 Å². The maximum atomic E-state index is 13.1. The number of amides is 1. The van der Waals surface area contributed by atoms with E-state index in [1.54, 1.807) is 0 Å². The second kappa shape index (κ2) is 8.46. The molecule has 2 aromatic heterocycles. The van der Waals surface area contributed by atoms with E-state index in [-0.39, 0.29) is 24.4 Å². The number of hydrogen-bond donors (Lipinski definition) is 1. The first kappa shape index (κ1) is 19.8. The van der Waals surface area contributed by atoms with E-state index in [1.807, 2.05) is 48.7 Å². The van der Waals surface area contributed by atoms with Gasteiger partial charge >= 0.3 is 5.76 Å². The maximum absolute atomic E-state index is 13.1. The van der Waals surface area contributed by atoms with Crippen molar-refractivity contribution in [1.29, 1.82) is 0 Å². The molecule has 0 aliphatic rings. The Balaban J connectivity index is 1.53. The summed E-state index contributed by atoms with van der Waals surface area (Å²) >= 11 is 1.54. The van der Waals surface area contributed by atoms with E-state index >= 15 is 0 Å². The lowest BCUT2D eigenvalue weighted by Gasteiger charge is -2.18. The highest BCUT2D eigenvalue weighted by molar-refractivity contribution is 7.10. The van der Waals surface area contributed by atoms with Crippen LogP contribution in [0.1, 0.15) is 22.0 Å². The minimum Gasteiger partial charge on any atom is -0.388 e. The van der Waals surface area contributed by atoms with Crippen LogP contribution in [0, 0.1) is 12.7 Å². The van der Waals surface area contributed by atoms with Crippen LogP contribution in [0.2, 0.25) is 0 Å². The molecule has 0 unspecified atom stereocenters. The molecule has 4 rings (SSSR count). The van der Waals surface area contributed by atoms with Gasteiger partial charge in [0.1, 0.15) is 12.4 Å². The van der Waals surface area contributed by atoms with E-state index in [2.05, 4.69) is 10.4 Å². The van der Waals surface area contributed by atoms with Gasteiger partial charge in [0, 0.05) is 10.4 Å². The van der Waals surface area contributed by atoms with Crippen LogP contribution in [-0.2, 0) is 11.3 Å². The number of carbonyl (C=O) groups is 1. The highest BCUT2D eigenvalue weighted by Crippen LogP contribution is 2.26. The highest BCUT2D eigenvalue weighted by Gasteiger charge is 2.20. The minimum absolute atomic E-state index is 0.0288. The highest BCUT2D eigenvalue weighted by atomic mass is 32.1. The molecule has 0 spiro atoms. The zero-order chi connectivity index (χ0) is 21.1. The van der Waals surface area contributed by atoms with Gasteiger partial charge in [0.05, 0.1) is 6.04 Å². The van der Waals surface area contributed by atoms with Gasteiger partial charge < -0.3 is 9.73 Å². The molecule has 2 aromatic carbocycles. The molecule has 0 saturated heterocycles. The Morgan fingerprint density at radius 2 is 1.90 bits per heavy atom.